The lowest BCUT2D eigenvalue weighted by atomic mass is 9.97. The third kappa shape index (κ3) is 1.23. The van der Waals surface area contributed by atoms with Gasteiger partial charge >= 0.3 is 12.1 Å². The van der Waals surface area contributed by atoms with Crippen molar-refractivity contribution in [3.63, 3.8) is 0 Å². The van der Waals surface area contributed by atoms with E-state index in [1.807, 2.05) is 6.92 Å². The Morgan fingerprint density at radius 2 is 2.36 bits per heavy atom. The minimum absolute atomic E-state index is 0.0263. The SMILES string of the molecule is COC(=O)[C@H]1C[C@H]2NC(=O)O[C@H]2[C@@H]1C. The van der Waals surface area contributed by atoms with Gasteiger partial charge in [0.15, 0.2) is 0 Å². The summed E-state index contributed by atoms with van der Waals surface area (Å²) in [5, 5.41) is 2.69. The molecule has 1 saturated carbocycles. The number of hydrogen-bond donors (Lipinski definition) is 1. The van der Waals surface area contributed by atoms with E-state index in [4.69, 9.17) is 4.74 Å². The number of amides is 1. The summed E-state index contributed by atoms with van der Waals surface area (Å²) in [6.45, 7) is 1.91. The molecule has 0 aromatic carbocycles. The highest BCUT2D eigenvalue weighted by atomic mass is 16.6. The van der Waals surface area contributed by atoms with E-state index in [2.05, 4.69) is 10.1 Å². The van der Waals surface area contributed by atoms with Crippen molar-refractivity contribution in [3.8, 4) is 0 Å². The molecule has 2 rings (SSSR count). The summed E-state index contributed by atoms with van der Waals surface area (Å²) >= 11 is 0. The Kier molecular flexibility index (Phi) is 2.09. The van der Waals surface area contributed by atoms with Gasteiger partial charge in [0, 0.05) is 5.92 Å². The van der Waals surface area contributed by atoms with Crippen LogP contribution < -0.4 is 5.32 Å². The second-order valence-electron chi connectivity index (χ2n) is 3.85. The fourth-order valence-corrected chi connectivity index (χ4v) is 2.32. The summed E-state index contributed by atoms with van der Waals surface area (Å²) in [6.07, 6.45) is 0.0614. The van der Waals surface area contributed by atoms with E-state index in [9.17, 15) is 9.59 Å². The topological polar surface area (TPSA) is 64.6 Å². The van der Waals surface area contributed by atoms with Gasteiger partial charge in [-0.15, -0.1) is 0 Å². The molecule has 5 nitrogen and oxygen atoms in total. The van der Waals surface area contributed by atoms with Crippen molar-refractivity contribution in [2.24, 2.45) is 11.8 Å². The van der Waals surface area contributed by atoms with E-state index in [1.54, 1.807) is 0 Å². The van der Waals surface area contributed by atoms with Crippen LogP contribution in [0.5, 0.6) is 0 Å². The number of ether oxygens (including phenoxy) is 2. The Balaban J connectivity index is 2.09. The molecule has 2 fully saturated rings. The highest BCUT2D eigenvalue weighted by Crippen LogP contribution is 2.37. The average molecular weight is 199 g/mol. The van der Waals surface area contributed by atoms with Crippen molar-refractivity contribution in [2.75, 3.05) is 7.11 Å². The first kappa shape index (κ1) is 9.30. The quantitative estimate of drug-likeness (QED) is 0.616. The molecule has 1 aliphatic heterocycles. The van der Waals surface area contributed by atoms with Crippen molar-refractivity contribution in [3.05, 3.63) is 0 Å². The van der Waals surface area contributed by atoms with Gasteiger partial charge in [0.1, 0.15) is 6.10 Å². The molecular weight excluding hydrogens is 186 g/mol. The molecule has 1 amide bonds. The fraction of sp³-hybridized carbons (Fsp3) is 0.778. The van der Waals surface area contributed by atoms with E-state index in [0.717, 1.165) is 0 Å². The predicted octanol–water partition coefficient (Wildman–Crippen LogP) is 0.292. The second kappa shape index (κ2) is 3.15. The molecule has 1 saturated heterocycles. The van der Waals surface area contributed by atoms with Gasteiger partial charge in [-0.1, -0.05) is 6.92 Å². The molecule has 0 aromatic heterocycles. The van der Waals surface area contributed by atoms with Gasteiger partial charge < -0.3 is 14.8 Å². The van der Waals surface area contributed by atoms with Crippen molar-refractivity contribution in [1.82, 2.24) is 5.32 Å². The fourth-order valence-electron chi connectivity index (χ4n) is 2.32. The van der Waals surface area contributed by atoms with E-state index in [1.165, 1.54) is 7.11 Å². The minimum Gasteiger partial charge on any atom is -0.469 e. The van der Waals surface area contributed by atoms with Crippen molar-refractivity contribution >= 4 is 12.1 Å². The van der Waals surface area contributed by atoms with Crippen LogP contribution in [0.15, 0.2) is 0 Å². The lowest BCUT2D eigenvalue weighted by molar-refractivity contribution is -0.147. The first-order chi connectivity index (χ1) is 6.63. The van der Waals surface area contributed by atoms with E-state index in [-0.39, 0.29) is 36.0 Å². The number of esters is 1. The maximum absolute atomic E-state index is 11.3. The number of carbonyl (C=O) groups excluding carboxylic acids is 2. The van der Waals surface area contributed by atoms with Crippen LogP contribution in [0.3, 0.4) is 0 Å². The Hall–Kier alpha value is -1.26. The second-order valence-corrected chi connectivity index (χ2v) is 3.85. The average Bonchev–Trinajstić information content (AvgIpc) is 2.64. The maximum Gasteiger partial charge on any atom is 0.407 e. The van der Waals surface area contributed by atoms with Gasteiger partial charge in [-0.2, -0.15) is 0 Å². The number of methoxy groups -OCH3 is 1. The third-order valence-corrected chi connectivity index (χ3v) is 3.11. The molecule has 0 radical (unpaired) electrons. The molecule has 0 unspecified atom stereocenters. The molecule has 1 aliphatic carbocycles. The summed E-state index contributed by atoms with van der Waals surface area (Å²) in [5.74, 6) is -0.341. The number of hydrogen-bond acceptors (Lipinski definition) is 4. The first-order valence-corrected chi connectivity index (χ1v) is 4.68. The molecule has 0 aromatic rings. The normalized spacial score (nSPS) is 40.0. The van der Waals surface area contributed by atoms with Crippen LogP contribution >= 0.6 is 0 Å². The summed E-state index contributed by atoms with van der Waals surface area (Å²) in [7, 11) is 1.38. The summed E-state index contributed by atoms with van der Waals surface area (Å²) in [6, 6.07) is -0.0263. The maximum atomic E-state index is 11.3. The zero-order chi connectivity index (χ0) is 10.3. The van der Waals surface area contributed by atoms with Crippen LogP contribution in [-0.4, -0.2) is 31.3 Å². The molecule has 14 heavy (non-hydrogen) atoms. The zero-order valence-corrected chi connectivity index (χ0v) is 8.15. The highest BCUT2D eigenvalue weighted by Gasteiger charge is 2.50. The van der Waals surface area contributed by atoms with Gasteiger partial charge in [0.2, 0.25) is 0 Å². The number of carbonyl (C=O) groups is 2. The van der Waals surface area contributed by atoms with E-state index in [0.29, 0.717) is 6.42 Å². The van der Waals surface area contributed by atoms with Gasteiger partial charge in [0.25, 0.3) is 0 Å². The Labute approximate surface area is 81.7 Å². The molecule has 0 spiro atoms. The van der Waals surface area contributed by atoms with Crippen LogP contribution in [0.1, 0.15) is 13.3 Å². The van der Waals surface area contributed by atoms with Crippen LogP contribution in [0, 0.1) is 11.8 Å². The van der Waals surface area contributed by atoms with Crippen molar-refractivity contribution < 1.29 is 19.1 Å². The molecular formula is C9H13NO4. The van der Waals surface area contributed by atoms with Crippen molar-refractivity contribution in [1.29, 1.82) is 0 Å². The smallest absolute Gasteiger partial charge is 0.407 e. The van der Waals surface area contributed by atoms with Gasteiger partial charge in [-0.05, 0) is 6.42 Å². The van der Waals surface area contributed by atoms with Gasteiger partial charge in [-0.3, -0.25) is 4.79 Å². The molecule has 78 valence electrons. The van der Waals surface area contributed by atoms with Crippen LogP contribution in [0.25, 0.3) is 0 Å². The molecule has 2 aliphatic rings. The largest absolute Gasteiger partial charge is 0.469 e. The standard InChI is InChI=1S/C9H13NO4/c1-4-5(8(11)13-2)3-6-7(4)14-9(12)10-6/h4-7H,3H2,1-2H3,(H,10,12)/t4-,5+,6-,7+/m1/s1. The Morgan fingerprint density at radius 3 is 2.93 bits per heavy atom. The van der Waals surface area contributed by atoms with Crippen molar-refractivity contribution in [2.45, 2.75) is 25.5 Å². The number of rotatable bonds is 1. The number of nitrogens with one attached hydrogen (secondary N) is 1. The lowest BCUT2D eigenvalue weighted by Crippen LogP contribution is -2.27. The summed E-state index contributed by atoms with van der Waals surface area (Å²) < 4.78 is 9.75. The molecule has 0 bridgehead atoms. The Morgan fingerprint density at radius 1 is 1.64 bits per heavy atom. The van der Waals surface area contributed by atoms with Crippen LogP contribution in [0.2, 0.25) is 0 Å². The molecule has 1 N–H and O–H groups in total. The number of alkyl carbamates (subject to hydrolysis) is 1. The Bertz CT molecular complexity index is 278. The highest BCUT2D eigenvalue weighted by molar-refractivity contribution is 5.75. The molecule has 5 heteroatoms. The minimum atomic E-state index is -0.379. The predicted molar refractivity (Wildman–Crippen MR) is 46.5 cm³/mol. The summed E-state index contributed by atoms with van der Waals surface area (Å²) in [4.78, 5) is 22.2. The van der Waals surface area contributed by atoms with Crippen LogP contribution in [0.4, 0.5) is 4.79 Å². The van der Waals surface area contributed by atoms with E-state index >= 15 is 0 Å². The first-order valence-electron chi connectivity index (χ1n) is 4.68. The molecule has 4 atom stereocenters. The third-order valence-electron chi connectivity index (χ3n) is 3.11. The van der Waals surface area contributed by atoms with E-state index < -0.39 is 0 Å². The number of fused-ring (bicyclic) bond motifs is 1. The van der Waals surface area contributed by atoms with Gasteiger partial charge in [0.05, 0.1) is 19.1 Å². The lowest BCUT2D eigenvalue weighted by Gasteiger charge is -2.15. The summed E-state index contributed by atoms with van der Waals surface area (Å²) in [5.41, 5.74) is 0. The van der Waals surface area contributed by atoms with Gasteiger partial charge in [-0.25, -0.2) is 4.79 Å². The monoisotopic (exact) mass is 199 g/mol. The molecule has 1 heterocycles. The zero-order valence-electron chi connectivity index (χ0n) is 8.15. The van der Waals surface area contributed by atoms with Crippen LogP contribution in [-0.2, 0) is 14.3 Å².